The minimum absolute atomic E-state index is 0.101. The van der Waals surface area contributed by atoms with E-state index in [0.717, 1.165) is 12.8 Å². The highest BCUT2D eigenvalue weighted by Crippen LogP contribution is 2.37. The molecule has 0 aromatic carbocycles. The Hall–Kier alpha value is -1.00. The molecule has 2 N–H and O–H groups in total. The first-order chi connectivity index (χ1) is 7.93. The number of halogens is 1. The van der Waals surface area contributed by atoms with Crippen LogP contribution in [0.1, 0.15) is 43.2 Å². The van der Waals surface area contributed by atoms with Crippen molar-refractivity contribution in [1.82, 2.24) is 9.88 Å². The molecular weight excluding hydrogens is 240 g/mol. The van der Waals surface area contributed by atoms with Crippen molar-refractivity contribution in [2.75, 3.05) is 6.61 Å². The summed E-state index contributed by atoms with van der Waals surface area (Å²) in [7, 11) is 0. The maximum Gasteiger partial charge on any atom is 0.268 e. The Kier molecular flexibility index (Phi) is 3.19. The van der Waals surface area contributed by atoms with Gasteiger partial charge in [0.15, 0.2) is 0 Å². The SMILES string of the molecule is CC(C)(CO)NC(=O)c1cc(Cl)cn1C1CC1. The van der Waals surface area contributed by atoms with E-state index in [9.17, 15) is 4.79 Å². The minimum Gasteiger partial charge on any atom is -0.394 e. The van der Waals surface area contributed by atoms with Crippen LogP contribution in [-0.2, 0) is 0 Å². The van der Waals surface area contributed by atoms with Crippen molar-refractivity contribution >= 4 is 17.5 Å². The van der Waals surface area contributed by atoms with Crippen molar-refractivity contribution in [3.05, 3.63) is 23.0 Å². The quantitative estimate of drug-likeness (QED) is 0.866. The number of aliphatic hydroxyl groups is 1. The number of hydrogen-bond acceptors (Lipinski definition) is 2. The molecule has 1 aromatic heterocycles. The van der Waals surface area contributed by atoms with Gasteiger partial charge in [-0.25, -0.2) is 0 Å². The maximum absolute atomic E-state index is 12.1. The van der Waals surface area contributed by atoms with Gasteiger partial charge in [0.2, 0.25) is 0 Å². The summed E-state index contributed by atoms with van der Waals surface area (Å²) in [4.78, 5) is 12.1. The zero-order valence-electron chi connectivity index (χ0n) is 10.0. The van der Waals surface area contributed by atoms with Crippen LogP contribution in [-0.4, -0.2) is 27.7 Å². The summed E-state index contributed by atoms with van der Waals surface area (Å²) in [5.41, 5.74) is -0.0543. The molecule has 1 amide bonds. The van der Waals surface area contributed by atoms with Gasteiger partial charge in [0.1, 0.15) is 5.69 Å². The molecule has 1 heterocycles. The minimum atomic E-state index is -0.623. The van der Waals surface area contributed by atoms with Gasteiger partial charge < -0.3 is 15.0 Å². The predicted octanol–water partition coefficient (Wildman–Crippen LogP) is 1.98. The molecule has 0 unspecified atom stereocenters. The molecule has 1 fully saturated rings. The van der Waals surface area contributed by atoms with Gasteiger partial charge in [-0.05, 0) is 32.8 Å². The summed E-state index contributed by atoms with van der Waals surface area (Å²) in [6.45, 7) is 3.45. The van der Waals surface area contributed by atoms with Crippen molar-refractivity contribution in [1.29, 1.82) is 0 Å². The van der Waals surface area contributed by atoms with Gasteiger partial charge in [-0.2, -0.15) is 0 Å². The Morgan fingerprint density at radius 2 is 2.29 bits per heavy atom. The third-order valence-electron chi connectivity index (χ3n) is 2.84. The summed E-state index contributed by atoms with van der Waals surface area (Å²) in [6.07, 6.45) is 3.98. The molecule has 1 aliphatic carbocycles. The molecule has 5 heteroatoms. The number of aromatic nitrogens is 1. The number of nitrogens with zero attached hydrogens (tertiary/aromatic N) is 1. The van der Waals surface area contributed by atoms with E-state index in [-0.39, 0.29) is 12.5 Å². The van der Waals surface area contributed by atoms with Gasteiger partial charge in [-0.15, -0.1) is 0 Å². The van der Waals surface area contributed by atoms with Crippen LogP contribution in [0.2, 0.25) is 5.02 Å². The normalized spacial score (nSPS) is 16.0. The monoisotopic (exact) mass is 256 g/mol. The lowest BCUT2D eigenvalue weighted by Crippen LogP contribution is -2.46. The molecule has 1 aromatic rings. The number of aliphatic hydroxyl groups excluding tert-OH is 1. The molecule has 0 bridgehead atoms. The van der Waals surface area contributed by atoms with E-state index in [1.165, 1.54) is 0 Å². The standard InChI is InChI=1S/C12H17ClN2O2/c1-12(2,7-16)14-11(17)10-5-8(13)6-15(10)9-3-4-9/h5-6,9,16H,3-4,7H2,1-2H3,(H,14,17). The Morgan fingerprint density at radius 1 is 1.65 bits per heavy atom. The van der Waals surface area contributed by atoms with Crippen molar-refractivity contribution in [2.45, 2.75) is 38.3 Å². The number of rotatable bonds is 4. The van der Waals surface area contributed by atoms with E-state index in [1.807, 2.05) is 4.57 Å². The maximum atomic E-state index is 12.1. The largest absolute Gasteiger partial charge is 0.394 e. The zero-order chi connectivity index (χ0) is 12.6. The second-order valence-electron chi connectivity index (χ2n) is 5.18. The Morgan fingerprint density at radius 3 is 2.82 bits per heavy atom. The third kappa shape index (κ3) is 2.82. The van der Waals surface area contributed by atoms with Gasteiger partial charge in [0.05, 0.1) is 17.2 Å². The molecule has 17 heavy (non-hydrogen) atoms. The van der Waals surface area contributed by atoms with Crippen LogP contribution in [0.25, 0.3) is 0 Å². The van der Waals surface area contributed by atoms with Gasteiger partial charge >= 0.3 is 0 Å². The lowest BCUT2D eigenvalue weighted by molar-refractivity contribution is 0.0859. The second kappa shape index (κ2) is 4.35. The van der Waals surface area contributed by atoms with E-state index < -0.39 is 5.54 Å². The topological polar surface area (TPSA) is 54.3 Å². The summed E-state index contributed by atoms with van der Waals surface area (Å²) < 4.78 is 1.92. The fraction of sp³-hybridized carbons (Fsp3) is 0.583. The molecule has 2 rings (SSSR count). The van der Waals surface area contributed by atoms with Crippen LogP contribution < -0.4 is 5.32 Å². The highest BCUT2D eigenvalue weighted by atomic mass is 35.5. The molecule has 1 aliphatic rings. The van der Waals surface area contributed by atoms with Crippen LogP contribution in [0, 0.1) is 0 Å². The first kappa shape index (κ1) is 12.5. The van der Waals surface area contributed by atoms with E-state index in [2.05, 4.69) is 5.32 Å². The number of nitrogens with one attached hydrogen (secondary N) is 1. The molecule has 0 atom stereocenters. The van der Waals surface area contributed by atoms with E-state index in [4.69, 9.17) is 16.7 Å². The van der Waals surface area contributed by atoms with Crippen LogP contribution >= 0.6 is 11.6 Å². The molecule has 1 saturated carbocycles. The van der Waals surface area contributed by atoms with E-state index in [1.54, 1.807) is 26.1 Å². The smallest absolute Gasteiger partial charge is 0.268 e. The molecule has 0 radical (unpaired) electrons. The summed E-state index contributed by atoms with van der Waals surface area (Å²) in [6, 6.07) is 2.07. The molecule has 0 spiro atoms. The second-order valence-corrected chi connectivity index (χ2v) is 5.61. The Bertz CT molecular complexity index is 436. The van der Waals surface area contributed by atoms with Crippen LogP contribution in [0.15, 0.2) is 12.3 Å². The van der Waals surface area contributed by atoms with Crippen molar-refractivity contribution in [3.63, 3.8) is 0 Å². The van der Waals surface area contributed by atoms with Crippen LogP contribution in [0.3, 0.4) is 0 Å². The van der Waals surface area contributed by atoms with Gasteiger partial charge in [0.25, 0.3) is 5.91 Å². The summed E-state index contributed by atoms with van der Waals surface area (Å²) in [5.74, 6) is -0.192. The Balaban J connectivity index is 2.18. The number of carbonyl (C=O) groups excluding carboxylic acids is 1. The van der Waals surface area contributed by atoms with Crippen molar-refractivity contribution < 1.29 is 9.90 Å². The molecular formula is C12H17ClN2O2. The fourth-order valence-corrected chi connectivity index (χ4v) is 1.90. The Labute approximate surface area is 106 Å². The molecule has 0 aliphatic heterocycles. The van der Waals surface area contributed by atoms with Crippen LogP contribution in [0.5, 0.6) is 0 Å². The third-order valence-corrected chi connectivity index (χ3v) is 3.04. The highest BCUT2D eigenvalue weighted by Gasteiger charge is 2.29. The average Bonchev–Trinajstić information content (AvgIpc) is 3.01. The zero-order valence-corrected chi connectivity index (χ0v) is 10.8. The van der Waals surface area contributed by atoms with E-state index in [0.29, 0.717) is 16.8 Å². The van der Waals surface area contributed by atoms with Gasteiger partial charge in [-0.1, -0.05) is 11.6 Å². The average molecular weight is 257 g/mol. The highest BCUT2D eigenvalue weighted by molar-refractivity contribution is 6.31. The van der Waals surface area contributed by atoms with Gasteiger partial charge in [-0.3, -0.25) is 4.79 Å². The molecule has 4 nitrogen and oxygen atoms in total. The van der Waals surface area contributed by atoms with Gasteiger partial charge in [0, 0.05) is 12.2 Å². The summed E-state index contributed by atoms with van der Waals surface area (Å²) in [5, 5.41) is 12.5. The summed E-state index contributed by atoms with van der Waals surface area (Å²) >= 11 is 5.94. The first-order valence-corrected chi connectivity index (χ1v) is 6.11. The van der Waals surface area contributed by atoms with E-state index >= 15 is 0 Å². The number of hydrogen-bond donors (Lipinski definition) is 2. The first-order valence-electron chi connectivity index (χ1n) is 5.74. The number of amides is 1. The molecule has 94 valence electrons. The lowest BCUT2D eigenvalue weighted by atomic mass is 10.1. The van der Waals surface area contributed by atoms with Crippen molar-refractivity contribution in [3.8, 4) is 0 Å². The van der Waals surface area contributed by atoms with Crippen molar-refractivity contribution in [2.24, 2.45) is 0 Å². The predicted molar refractivity (Wildman–Crippen MR) is 66.3 cm³/mol. The van der Waals surface area contributed by atoms with Crippen LogP contribution in [0.4, 0.5) is 0 Å². The lowest BCUT2D eigenvalue weighted by Gasteiger charge is -2.23. The fourth-order valence-electron chi connectivity index (χ4n) is 1.69. The number of carbonyl (C=O) groups is 1. The molecule has 0 saturated heterocycles.